The number of fused-ring (bicyclic) bond motifs is 2. The van der Waals surface area contributed by atoms with Gasteiger partial charge in [0.15, 0.2) is 23.0 Å². The molecule has 5 aromatic rings. The number of nitrogens with one attached hydrogen (secondary N) is 1. The molecule has 0 radical (unpaired) electrons. The van der Waals surface area contributed by atoms with Gasteiger partial charge >= 0.3 is 0 Å². The number of ether oxygens (including phenoxy) is 4. The Morgan fingerprint density at radius 2 is 1.56 bits per heavy atom. The fraction of sp³-hybridized carbons (Fsp3) is 0.250. The Balaban J connectivity index is 1.03. The smallest absolute Gasteiger partial charge is 0.249 e. The summed E-state index contributed by atoms with van der Waals surface area (Å²) in [5, 5.41) is 16.3. The SMILES string of the molecule is COc1cc2c(cc1OC)CN(CCc1ccc(-n3nnc(-c4cc(OC)c(OC)cc4NC(=O)C=CN4C=CCc5ccccc54)n3)cc1)CC2. The van der Waals surface area contributed by atoms with Gasteiger partial charge < -0.3 is 29.2 Å². The second-order valence-electron chi connectivity index (χ2n) is 12.5. The van der Waals surface area contributed by atoms with Crippen molar-refractivity contribution in [2.75, 3.05) is 51.7 Å². The number of para-hydroxylation sites is 1. The number of rotatable bonds is 12. The van der Waals surface area contributed by atoms with E-state index in [4.69, 9.17) is 18.9 Å². The number of nitrogens with zero attached hydrogens (tertiary/aromatic N) is 6. The predicted molar refractivity (Wildman–Crippen MR) is 199 cm³/mol. The van der Waals surface area contributed by atoms with Crippen molar-refractivity contribution in [3.63, 3.8) is 0 Å². The number of hydrogen-bond donors (Lipinski definition) is 1. The number of allylic oxidation sites excluding steroid dienone is 1. The molecule has 0 unspecified atom stereocenters. The third-order valence-electron chi connectivity index (χ3n) is 9.38. The zero-order valence-corrected chi connectivity index (χ0v) is 29.7. The first kappa shape index (κ1) is 34.3. The summed E-state index contributed by atoms with van der Waals surface area (Å²) < 4.78 is 22.1. The van der Waals surface area contributed by atoms with E-state index in [0.717, 1.165) is 61.8 Å². The summed E-state index contributed by atoms with van der Waals surface area (Å²) in [6.45, 7) is 2.80. The maximum Gasteiger partial charge on any atom is 0.249 e. The summed E-state index contributed by atoms with van der Waals surface area (Å²) in [7, 11) is 6.44. The van der Waals surface area contributed by atoms with Crippen molar-refractivity contribution in [3.8, 4) is 40.1 Å². The van der Waals surface area contributed by atoms with Crippen molar-refractivity contribution in [2.24, 2.45) is 0 Å². The molecule has 0 aliphatic carbocycles. The van der Waals surface area contributed by atoms with Crippen LogP contribution in [0.1, 0.15) is 22.3 Å². The standard InChI is InChI=1S/C40H41N7O5/c1-49-35-22-29-16-20-45(26-30(29)23-36(35)50-2)19-15-27-11-13-31(14-12-27)47-43-40(42-44-47)32-24-37(51-3)38(52-4)25-33(32)41-39(48)17-21-46-18-7-9-28-8-5-6-10-34(28)46/h5-8,10-14,17-18,21-25H,9,15-16,19-20,26H2,1-4H3,(H,41,48). The first-order valence-corrected chi connectivity index (χ1v) is 17.1. The predicted octanol–water partition coefficient (Wildman–Crippen LogP) is 5.99. The zero-order valence-electron chi connectivity index (χ0n) is 29.7. The highest BCUT2D eigenvalue weighted by Crippen LogP contribution is 2.38. The molecule has 1 N–H and O–H groups in total. The van der Waals surface area contributed by atoms with Crippen LogP contribution in [0.25, 0.3) is 17.1 Å². The van der Waals surface area contributed by atoms with E-state index in [1.54, 1.807) is 46.8 Å². The minimum absolute atomic E-state index is 0.317. The molecule has 12 heteroatoms. The largest absolute Gasteiger partial charge is 0.493 e. The topological polar surface area (TPSA) is 116 Å². The average molecular weight is 700 g/mol. The number of hydrogen-bond acceptors (Lipinski definition) is 10. The molecule has 3 heterocycles. The lowest BCUT2D eigenvalue weighted by atomic mass is 9.98. The normalized spacial score (nSPS) is 13.8. The molecule has 0 fully saturated rings. The molecule has 0 saturated heterocycles. The number of benzene rings is 4. The van der Waals surface area contributed by atoms with E-state index >= 15 is 0 Å². The highest BCUT2D eigenvalue weighted by molar-refractivity contribution is 6.02. The summed E-state index contributed by atoms with van der Waals surface area (Å²) in [6.07, 6.45) is 9.96. The number of aromatic nitrogens is 4. The minimum atomic E-state index is -0.332. The summed E-state index contributed by atoms with van der Waals surface area (Å²) in [6, 6.07) is 23.9. The zero-order chi connectivity index (χ0) is 36.0. The van der Waals surface area contributed by atoms with Crippen LogP contribution in [0.5, 0.6) is 23.0 Å². The molecule has 266 valence electrons. The van der Waals surface area contributed by atoms with Crippen molar-refractivity contribution in [2.45, 2.75) is 25.8 Å². The number of amides is 1. The second-order valence-corrected chi connectivity index (χ2v) is 12.5. The number of carbonyl (C=O) groups excluding carboxylic acids is 1. The van der Waals surface area contributed by atoms with Gasteiger partial charge in [-0.25, -0.2) is 0 Å². The first-order chi connectivity index (χ1) is 25.5. The highest BCUT2D eigenvalue weighted by atomic mass is 16.5. The average Bonchev–Trinajstić information content (AvgIpc) is 3.68. The van der Waals surface area contributed by atoms with Crippen LogP contribution in [0.4, 0.5) is 11.4 Å². The Morgan fingerprint density at radius 1 is 0.846 bits per heavy atom. The van der Waals surface area contributed by atoms with Crippen LogP contribution < -0.4 is 29.2 Å². The summed E-state index contributed by atoms with van der Waals surface area (Å²) >= 11 is 0. The molecular weight excluding hydrogens is 658 g/mol. The third-order valence-corrected chi connectivity index (χ3v) is 9.38. The molecule has 2 aliphatic rings. The molecule has 0 atom stereocenters. The Morgan fingerprint density at radius 3 is 2.33 bits per heavy atom. The van der Waals surface area contributed by atoms with Gasteiger partial charge in [0.1, 0.15) is 0 Å². The Hall–Kier alpha value is -6.14. The second kappa shape index (κ2) is 15.4. The van der Waals surface area contributed by atoms with Crippen molar-refractivity contribution >= 4 is 17.3 Å². The molecule has 2 aliphatic heterocycles. The van der Waals surface area contributed by atoms with Crippen molar-refractivity contribution in [1.29, 1.82) is 0 Å². The van der Waals surface area contributed by atoms with E-state index in [-0.39, 0.29) is 5.91 Å². The lowest BCUT2D eigenvalue weighted by Crippen LogP contribution is -2.32. The minimum Gasteiger partial charge on any atom is -0.493 e. The van der Waals surface area contributed by atoms with E-state index in [0.29, 0.717) is 28.6 Å². The summed E-state index contributed by atoms with van der Waals surface area (Å²) in [4.78, 5) is 19.1. The third kappa shape index (κ3) is 7.33. The van der Waals surface area contributed by atoms with E-state index in [2.05, 4.69) is 62.0 Å². The van der Waals surface area contributed by atoms with Gasteiger partial charge in [0.2, 0.25) is 11.7 Å². The monoisotopic (exact) mass is 699 g/mol. The lowest BCUT2D eigenvalue weighted by Gasteiger charge is -2.29. The molecule has 0 spiro atoms. The number of methoxy groups -OCH3 is 4. The quantitative estimate of drug-likeness (QED) is 0.156. The van der Waals surface area contributed by atoms with E-state index in [1.807, 2.05) is 41.4 Å². The fourth-order valence-electron chi connectivity index (χ4n) is 6.58. The molecule has 1 amide bonds. The van der Waals surface area contributed by atoms with Crippen LogP contribution in [-0.2, 0) is 30.6 Å². The maximum absolute atomic E-state index is 13.2. The summed E-state index contributed by atoms with van der Waals surface area (Å²) in [5.74, 6) is 2.45. The van der Waals surface area contributed by atoms with E-state index in [9.17, 15) is 4.79 Å². The van der Waals surface area contributed by atoms with Crippen LogP contribution in [0.3, 0.4) is 0 Å². The number of carbonyl (C=O) groups is 1. The van der Waals surface area contributed by atoms with Crippen molar-refractivity contribution < 1.29 is 23.7 Å². The van der Waals surface area contributed by atoms with E-state index < -0.39 is 0 Å². The molecule has 0 bridgehead atoms. The molecular formula is C40H41N7O5. The Labute approximate surface area is 302 Å². The van der Waals surface area contributed by atoms with Crippen LogP contribution in [0, 0.1) is 0 Å². The molecule has 12 nitrogen and oxygen atoms in total. The fourth-order valence-corrected chi connectivity index (χ4v) is 6.58. The number of anilines is 2. The van der Waals surface area contributed by atoms with Gasteiger partial charge in [-0.1, -0.05) is 36.4 Å². The summed E-state index contributed by atoms with van der Waals surface area (Å²) in [5.41, 5.74) is 7.78. The first-order valence-electron chi connectivity index (χ1n) is 17.1. The van der Waals surface area contributed by atoms with Crippen molar-refractivity contribution in [3.05, 3.63) is 120 Å². The number of tetrazole rings is 1. The van der Waals surface area contributed by atoms with Gasteiger partial charge in [-0.15, -0.1) is 15.0 Å². The molecule has 0 saturated carbocycles. The Kier molecular flexibility index (Phi) is 10.2. The Bertz CT molecular complexity index is 2130. The van der Waals surface area contributed by atoms with Gasteiger partial charge in [-0.2, -0.15) is 0 Å². The lowest BCUT2D eigenvalue weighted by molar-refractivity contribution is -0.111. The molecule has 7 rings (SSSR count). The molecule has 52 heavy (non-hydrogen) atoms. The van der Waals surface area contributed by atoms with Crippen LogP contribution in [0.2, 0.25) is 0 Å². The van der Waals surface area contributed by atoms with Gasteiger partial charge in [0.25, 0.3) is 0 Å². The molecule has 4 aromatic carbocycles. The van der Waals surface area contributed by atoms with E-state index in [1.165, 1.54) is 33.1 Å². The van der Waals surface area contributed by atoms with Crippen molar-refractivity contribution in [1.82, 2.24) is 25.1 Å². The highest BCUT2D eigenvalue weighted by Gasteiger charge is 2.21. The maximum atomic E-state index is 13.2. The van der Waals surface area contributed by atoms with Gasteiger partial charge in [-0.3, -0.25) is 9.69 Å². The van der Waals surface area contributed by atoms with Gasteiger partial charge in [0.05, 0.1) is 45.4 Å². The van der Waals surface area contributed by atoms with Gasteiger partial charge in [-0.05, 0) is 83.1 Å². The van der Waals surface area contributed by atoms with Crippen LogP contribution >= 0.6 is 0 Å². The molecule has 1 aromatic heterocycles. The van der Waals surface area contributed by atoms with Crippen LogP contribution in [0.15, 0.2) is 97.3 Å². The van der Waals surface area contributed by atoms with Crippen LogP contribution in [-0.4, -0.2) is 72.5 Å². The van der Waals surface area contributed by atoms with Gasteiger partial charge in [0, 0.05) is 49.9 Å².